The van der Waals surface area contributed by atoms with E-state index in [9.17, 15) is 4.79 Å². The quantitative estimate of drug-likeness (QED) is 0.901. The van der Waals surface area contributed by atoms with Gasteiger partial charge in [0.15, 0.2) is 5.13 Å². The maximum Gasteiger partial charge on any atom is 0.303 e. The molecule has 1 aromatic heterocycles. The van der Waals surface area contributed by atoms with Crippen LogP contribution in [-0.2, 0) is 17.6 Å². The average molecular weight is 282 g/mol. The minimum Gasteiger partial charge on any atom is -0.481 e. The predicted molar refractivity (Wildman–Crippen MR) is 78.1 cm³/mol. The van der Waals surface area contributed by atoms with Crippen molar-refractivity contribution in [3.8, 4) is 0 Å². The Bertz CT molecular complexity index is 423. The van der Waals surface area contributed by atoms with Crippen LogP contribution in [0.2, 0.25) is 0 Å². The standard InChI is InChI=1S/C14H22N2O2S/c1-2-11-12(7-8-13(17)18)19-14(15-11)16-9-5-3-4-6-10-16/h2-10H2,1H3,(H,17,18). The summed E-state index contributed by atoms with van der Waals surface area (Å²) >= 11 is 1.69. The van der Waals surface area contributed by atoms with Crippen molar-refractivity contribution in [3.63, 3.8) is 0 Å². The number of hydrogen-bond acceptors (Lipinski definition) is 4. The molecule has 2 rings (SSSR count). The van der Waals surface area contributed by atoms with Gasteiger partial charge in [-0.15, -0.1) is 11.3 Å². The molecular weight excluding hydrogens is 260 g/mol. The van der Waals surface area contributed by atoms with E-state index in [0.29, 0.717) is 6.42 Å². The third kappa shape index (κ3) is 3.93. The van der Waals surface area contributed by atoms with E-state index in [-0.39, 0.29) is 6.42 Å². The molecule has 0 bridgehead atoms. The molecule has 0 unspecified atom stereocenters. The number of rotatable bonds is 5. The summed E-state index contributed by atoms with van der Waals surface area (Å²) in [5.41, 5.74) is 1.09. The van der Waals surface area contributed by atoms with Crippen LogP contribution in [0.1, 0.15) is 49.6 Å². The summed E-state index contributed by atoms with van der Waals surface area (Å²) in [4.78, 5) is 19.0. The molecule has 0 aliphatic carbocycles. The highest BCUT2D eigenvalue weighted by Crippen LogP contribution is 2.29. The molecule has 0 saturated carbocycles. The fraction of sp³-hybridized carbons (Fsp3) is 0.714. The molecule has 2 heterocycles. The van der Waals surface area contributed by atoms with Crippen molar-refractivity contribution in [2.45, 2.75) is 51.9 Å². The maximum absolute atomic E-state index is 10.7. The summed E-state index contributed by atoms with van der Waals surface area (Å²) in [6.07, 6.45) is 6.82. The van der Waals surface area contributed by atoms with Gasteiger partial charge in [0.2, 0.25) is 0 Å². The van der Waals surface area contributed by atoms with Gasteiger partial charge in [0.25, 0.3) is 0 Å². The van der Waals surface area contributed by atoms with Gasteiger partial charge in [-0.25, -0.2) is 4.98 Å². The smallest absolute Gasteiger partial charge is 0.303 e. The molecule has 0 radical (unpaired) electrons. The number of aliphatic carboxylic acids is 1. The van der Waals surface area contributed by atoms with Gasteiger partial charge in [0.1, 0.15) is 0 Å². The van der Waals surface area contributed by atoms with Crippen LogP contribution in [0, 0.1) is 0 Å². The molecule has 0 amide bonds. The first kappa shape index (κ1) is 14.3. The van der Waals surface area contributed by atoms with Crippen LogP contribution < -0.4 is 4.90 Å². The van der Waals surface area contributed by atoms with E-state index < -0.39 is 5.97 Å². The molecular formula is C14H22N2O2S. The van der Waals surface area contributed by atoms with Crippen LogP contribution in [0.3, 0.4) is 0 Å². The van der Waals surface area contributed by atoms with Crippen molar-refractivity contribution in [1.29, 1.82) is 0 Å². The summed E-state index contributed by atoms with van der Waals surface area (Å²) in [6.45, 7) is 4.27. The van der Waals surface area contributed by atoms with E-state index in [0.717, 1.165) is 35.2 Å². The number of anilines is 1. The number of nitrogens with zero attached hydrogens (tertiary/aromatic N) is 2. The lowest BCUT2D eigenvalue weighted by molar-refractivity contribution is -0.136. The summed E-state index contributed by atoms with van der Waals surface area (Å²) in [7, 11) is 0. The Kier molecular flexibility index (Phi) is 5.19. The largest absolute Gasteiger partial charge is 0.481 e. The molecule has 4 nitrogen and oxygen atoms in total. The van der Waals surface area contributed by atoms with Gasteiger partial charge in [-0.05, 0) is 25.7 Å². The SMILES string of the molecule is CCc1nc(N2CCCCCC2)sc1CCC(=O)O. The number of thiazole rings is 1. The first-order valence-corrected chi connectivity index (χ1v) is 7.97. The summed E-state index contributed by atoms with van der Waals surface area (Å²) in [6, 6.07) is 0. The highest BCUT2D eigenvalue weighted by Gasteiger charge is 2.17. The van der Waals surface area contributed by atoms with Gasteiger partial charge in [0, 0.05) is 18.0 Å². The zero-order valence-corrected chi connectivity index (χ0v) is 12.3. The Morgan fingerprint density at radius 3 is 2.58 bits per heavy atom. The van der Waals surface area contributed by atoms with Gasteiger partial charge < -0.3 is 10.0 Å². The number of carboxylic acids is 1. The van der Waals surface area contributed by atoms with E-state index >= 15 is 0 Å². The third-order valence-corrected chi connectivity index (χ3v) is 4.76. The Balaban J connectivity index is 2.10. The Morgan fingerprint density at radius 1 is 1.32 bits per heavy atom. The Morgan fingerprint density at radius 2 is 2.00 bits per heavy atom. The Hall–Kier alpha value is -1.10. The molecule has 1 aromatic rings. The van der Waals surface area contributed by atoms with Crippen molar-refractivity contribution < 1.29 is 9.90 Å². The zero-order chi connectivity index (χ0) is 13.7. The number of carbonyl (C=O) groups is 1. The molecule has 1 aliphatic heterocycles. The normalized spacial score (nSPS) is 16.4. The van der Waals surface area contributed by atoms with Crippen LogP contribution in [0.15, 0.2) is 0 Å². The van der Waals surface area contributed by atoms with Gasteiger partial charge >= 0.3 is 5.97 Å². The predicted octanol–water partition coefficient (Wildman–Crippen LogP) is 3.10. The molecule has 106 valence electrons. The van der Waals surface area contributed by atoms with Crippen molar-refractivity contribution in [1.82, 2.24) is 4.98 Å². The van der Waals surface area contributed by atoms with E-state index in [4.69, 9.17) is 10.1 Å². The van der Waals surface area contributed by atoms with Crippen molar-refractivity contribution in [3.05, 3.63) is 10.6 Å². The van der Waals surface area contributed by atoms with Gasteiger partial charge in [-0.2, -0.15) is 0 Å². The number of aryl methyl sites for hydroxylation is 2. The summed E-state index contributed by atoms with van der Waals surface area (Å²) in [5, 5.41) is 9.90. The Labute approximate surface area is 118 Å². The summed E-state index contributed by atoms with van der Waals surface area (Å²) in [5.74, 6) is -0.730. The van der Waals surface area contributed by atoms with Crippen molar-refractivity contribution in [2.24, 2.45) is 0 Å². The second-order valence-electron chi connectivity index (χ2n) is 5.01. The molecule has 0 aromatic carbocycles. The van der Waals surface area contributed by atoms with E-state index in [1.54, 1.807) is 11.3 Å². The first-order chi connectivity index (χ1) is 9.20. The lowest BCUT2D eigenvalue weighted by Gasteiger charge is -2.18. The lowest BCUT2D eigenvalue weighted by Crippen LogP contribution is -2.23. The zero-order valence-electron chi connectivity index (χ0n) is 11.5. The molecule has 1 N–H and O–H groups in total. The fourth-order valence-electron chi connectivity index (χ4n) is 2.46. The van der Waals surface area contributed by atoms with E-state index in [1.807, 2.05) is 0 Å². The topological polar surface area (TPSA) is 53.4 Å². The lowest BCUT2D eigenvalue weighted by atomic mass is 10.2. The van der Waals surface area contributed by atoms with Gasteiger partial charge in [0.05, 0.1) is 12.1 Å². The van der Waals surface area contributed by atoms with Gasteiger partial charge in [-0.3, -0.25) is 4.79 Å². The second kappa shape index (κ2) is 6.89. The number of hydrogen-bond donors (Lipinski definition) is 1. The highest BCUT2D eigenvalue weighted by molar-refractivity contribution is 7.15. The molecule has 19 heavy (non-hydrogen) atoms. The molecule has 1 aliphatic rings. The van der Waals surface area contributed by atoms with E-state index in [1.165, 1.54) is 25.7 Å². The monoisotopic (exact) mass is 282 g/mol. The minimum absolute atomic E-state index is 0.203. The first-order valence-electron chi connectivity index (χ1n) is 7.16. The van der Waals surface area contributed by atoms with Crippen molar-refractivity contribution >= 4 is 22.4 Å². The number of carboxylic acid groups (broad SMARTS) is 1. The van der Waals surface area contributed by atoms with Crippen LogP contribution >= 0.6 is 11.3 Å². The second-order valence-corrected chi connectivity index (χ2v) is 6.08. The number of aromatic nitrogens is 1. The third-order valence-electron chi connectivity index (χ3n) is 3.54. The van der Waals surface area contributed by atoms with Gasteiger partial charge in [-0.1, -0.05) is 19.8 Å². The van der Waals surface area contributed by atoms with Crippen LogP contribution in [0.25, 0.3) is 0 Å². The fourth-order valence-corrected chi connectivity index (χ4v) is 3.66. The average Bonchev–Trinajstić information content (AvgIpc) is 2.61. The summed E-state index contributed by atoms with van der Waals surface area (Å²) < 4.78 is 0. The molecule has 1 fully saturated rings. The molecule has 0 spiro atoms. The van der Waals surface area contributed by atoms with Crippen LogP contribution in [-0.4, -0.2) is 29.1 Å². The molecule has 1 saturated heterocycles. The van der Waals surface area contributed by atoms with Crippen LogP contribution in [0.5, 0.6) is 0 Å². The minimum atomic E-state index is -0.730. The maximum atomic E-state index is 10.7. The molecule has 0 atom stereocenters. The molecule has 5 heteroatoms. The van der Waals surface area contributed by atoms with E-state index in [2.05, 4.69) is 11.8 Å². The van der Waals surface area contributed by atoms with Crippen molar-refractivity contribution in [2.75, 3.05) is 18.0 Å². The highest BCUT2D eigenvalue weighted by atomic mass is 32.1. The van der Waals surface area contributed by atoms with Crippen LogP contribution in [0.4, 0.5) is 5.13 Å².